The summed E-state index contributed by atoms with van der Waals surface area (Å²) in [5.74, 6) is 0.859. The molecule has 1 amide bonds. The zero-order valence-electron chi connectivity index (χ0n) is 15.2. The van der Waals surface area contributed by atoms with Gasteiger partial charge in [0.05, 0.1) is 0 Å². The highest BCUT2D eigenvalue weighted by Gasteiger charge is 2.26. The molecule has 25 heavy (non-hydrogen) atoms. The molecule has 0 N–H and O–H groups in total. The monoisotopic (exact) mass is 338 g/mol. The van der Waals surface area contributed by atoms with Crippen molar-refractivity contribution in [3.8, 4) is 5.75 Å². The molecule has 132 valence electrons. The fourth-order valence-electron chi connectivity index (χ4n) is 3.17. The van der Waals surface area contributed by atoms with E-state index in [4.69, 9.17) is 4.74 Å². The van der Waals surface area contributed by atoms with E-state index in [1.54, 1.807) is 0 Å². The Morgan fingerprint density at radius 3 is 2.32 bits per heavy atom. The van der Waals surface area contributed by atoms with Crippen molar-refractivity contribution in [3.05, 3.63) is 59.7 Å². The Morgan fingerprint density at radius 2 is 1.64 bits per heavy atom. The SMILES string of the molecule is Cc1cccc(OC(C)C(=O)N2CCN(c3ccccc3)CC2)c1C. The Bertz CT molecular complexity index is 722. The van der Waals surface area contributed by atoms with Crippen LogP contribution in [0, 0.1) is 13.8 Å². The molecule has 1 aliphatic heterocycles. The van der Waals surface area contributed by atoms with E-state index in [2.05, 4.69) is 30.0 Å². The van der Waals surface area contributed by atoms with Crippen molar-refractivity contribution in [1.29, 1.82) is 0 Å². The van der Waals surface area contributed by atoms with Crippen LogP contribution in [-0.4, -0.2) is 43.1 Å². The van der Waals surface area contributed by atoms with Crippen LogP contribution in [0.1, 0.15) is 18.1 Å². The van der Waals surface area contributed by atoms with Crippen LogP contribution in [-0.2, 0) is 4.79 Å². The molecule has 2 aromatic carbocycles. The number of hydrogen-bond donors (Lipinski definition) is 0. The first kappa shape index (κ1) is 17.3. The van der Waals surface area contributed by atoms with Crippen molar-refractivity contribution >= 4 is 11.6 Å². The van der Waals surface area contributed by atoms with E-state index in [-0.39, 0.29) is 5.91 Å². The molecule has 0 radical (unpaired) electrons. The molecular weight excluding hydrogens is 312 g/mol. The van der Waals surface area contributed by atoms with Crippen LogP contribution in [0.4, 0.5) is 5.69 Å². The molecule has 1 fully saturated rings. The van der Waals surface area contributed by atoms with Gasteiger partial charge in [-0.05, 0) is 50.1 Å². The predicted molar refractivity (Wildman–Crippen MR) is 101 cm³/mol. The predicted octanol–water partition coefficient (Wildman–Crippen LogP) is 3.42. The van der Waals surface area contributed by atoms with Gasteiger partial charge in [0.2, 0.25) is 0 Å². The average molecular weight is 338 g/mol. The lowest BCUT2D eigenvalue weighted by Crippen LogP contribution is -2.52. The van der Waals surface area contributed by atoms with Gasteiger partial charge in [-0.1, -0.05) is 30.3 Å². The van der Waals surface area contributed by atoms with E-state index in [9.17, 15) is 4.79 Å². The number of carbonyl (C=O) groups is 1. The topological polar surface area (TPSA) is 32.8 Å². The zero-order chi connectivity index (χ0) is 17.8. The van der Waals surface area contributed by atoms with E-state index < -0.39 is 6.10 Å². The van der Waals surface area contributed by atoms with Crippen LogP contribution in [0.25, 0.3) is 0 Å². The maximum atomic E-state index is 12.7. The van der Waals surface area contributed by atoms with Crippen molar-refractivity contribution < 1.29 is 9.53 Å². The van der Waals surface area contributed by atoms with Crippen LogP contribution in [0.15, 0.2) is 48.5 Å². The number of aryl methyl sites for hydroxylation is 1. The van der Waals surface area contributed by atoms with Crippen LogP contribution in [0.2, 0.25) is 0 Å². The molecule has 0 bridgehead atoms. The van der Waals surface area contributed by atoms with Gasteiger partial charge in [-0.15, -0.1) is 0 Å². The number of nitrogens with zero attached hydrogens (tertiary/aromatic N) is 2. The van der Waals surface area contributed by atoms with Gasteiger partial charge in [0.15, 0.2) is 6.10 Å². The summed E-state index contributed by atoms with van der Waals surface area (Å²) in [6.07, 6.45) is -0.469. The first-order valence-electron chi connectivity index (χ1n) is 8.88. The van der Waals surface area contributed by atoms with Gasteiger partial charge in [-0.2, -0.15) is 0 Å². The summed E-state index contributed by atoms with van der Waals surface area (Å²) in [4.78, 5) is 17.0. The van der Waals surface area contributed by atoms with Gasteiger partial charge < -0.3 is 14.5 Å². The largest absolute Gasteiger partial charge is 0.481 e. The summed E-state index contributed by atoms with van der Waals surface area (Å²) in [6, 6.07) is 16.3. The number of benzene rings is 2. The number of para-hydroxylation sites is 1. The fourth-order valence-corrected chi connectivity index (χ4v) is 3.17. The first-order valence-corrected chi connectivity index (χ1v) is 8.88. The average Bonchev–Trinajstić information content (AvgIpc) is 2.65. The normalized spacial score (nSPS) is 15.8. The highest BCUT2D eigenvalue weighted by atomic mass is 16.5. The third kappa shape index (κ3) is 3.95. The van der Waals surface area contributed by atoms with E-state index >= 15 is 0 Å². The summed E-state index contributed by atoms with van der Waals surface area (Å²) in [6.45, 7) is 9.09. The molecule has 4 nitrogen and oxygen atoms in total. The molecule has 2 aromatic rings. The third-order valence-corrected chi connectivity index (χ3v) is 4.92. The van der Waals surface area contributed by atoms with Crippen molar-refractivity contribution in [1.82, 2.24) is 4.90 Å². The second kappa shape index (κ2) is 7.60. The Labute approximate surface area is 150 Å². The Hall–Kier alpha value is -2.49. The number of anilines is 1. The number of ether oxygens (including phenoxy) is 1. The van der Waals surface area contributed by atoms with Gasteiger partial charge in [-0.3, -0.25) is 4.79 Å². The number of amides is 1. The van der Waals surface area contributed by atoms with Crippen LogP contribution in [0.5, 0.6) is 5.75 Å². The minimum Gasteiger partial charge on any atom is -0.481 e. The second-order valence-electron chi connectivity index (χ2n) is 6.61. The molecule has 0 saturated carbocycles. The quantitative estimate of drug-likeness (QED) is 0.856. The highest BCUT2D eigenvalue weighted by Crippen LogP contribution is 2.22. The molecular formula is C21H26N2O2. The lowest BCUT2D eigenvalue weighted by atomic mass is 10.1. The molecule has 4 heteroatoms. The van der Waals surface area contributed by atoms with E-state index in [0.29, 0.717) is 0 Å². The first-order chi connectivity index (χ1) is 12.1. The molecule has 1 unspecified atom stereocenters. The molecule has 1 atom stereocenters. The molecule has 0 spiro atoms. The summed E-state index contributed by atoms with van der Waals surface area (Å²) in [5.41, 5.74) is 3.49. The summed E-state index contributed by atoms with van der Waals surface area (Å²) >= 11 is 0. The summed E-state index contributed by atoms with van der Waals surface area (Å²) in [7, 11) is 0. The third-order valence-electron chi connectivity index (χ3n) is 4.92. The molecule has 1 aliphatic rings. The molecule has 3 rings (SSSR count). The molecule has 0 aromatic heterocycles. The van der Waals surface area contributed by atoms with Crippen molar-refractivity contribution in [2.45, 2.75) is 26.9 Å². The van der Waals surface area contributed by atoms with Gasteiger partial charge in [0, 0.05) is 31.9 Å². The lowest BCUT2D eigenvalue weighted by Gasteiger charge is -2.37. The minimum atomic E-state index is -0.469. The maximum Gasteiger partial charge on any atom is 0.263 e. The second-order valence-corrected chi connectivity index (χ2v) is 6.61. The van der Waals surface area contributed by atoms with Gasteiger partial charge in [0.1, 0.15) is 5.75 Å². The van der Waals surface area contributed by atoms with Crippen LogP contribution in [0.3, 0.4) is 0 Å². The number of rotatable bonds is 4. The summed E-state index contributed by atoms with van der Waals surface area (Å²) in [5, 5.41) is 0. The molecule has 1 heterocycles. The van der Waals surface area contributed by atoms with E-state index in [1.807, 2.05) is 49.1 Å². The van der Waals surface area contributed by atoms with Crippen molar-refractivity contribution in [3.63, 3.8) is 0 Å². The Morgan fingerprint density at radius 1 is 0.960 bits per heavy atom. The lowest BCUT2D eigenvalue weighted by molar-refractivity contribution is -0.138. The minimum absolute atomic E-state index is 0.0635. The van der Waals surface area contributed by atoms with Crippen LogP contribution < -0.4 is 9.64 Å². The Balaban J connectivity index is 1.58. The number of piperazine rings is 1. The van der Waals surface area contributed by atoms with Crippen molar-refractivity contribution in [2.75, 3.05) is 31.1 Å². The standard InChI is InChI=1S/C21H26N2O2/c1-16-8-7-11-20(17(16)2)25-18(3)21(24)23-14-12-22(13-15-23)19-9-5-4-6-10-19/h4-11,18H,12-15H2,1-3H3. The smallest absolute Gasteiger partial charge is 0.263 e. The molecule has 1 saturated heterocycles. The Kier molecular flexibility index (Phi) is 5.27. The highest BCUT2D eigenvalue weighted by molar-refractivity contribution is 5.81. The van der Waals surface area contributed by atoms with E-state index in [1.165, 1.54) is 11.3 Å². The van der Waals surface area contributed by atoms with Crippen LogP contribution >= 0.6 is 0 Å². The number of hydrogen-bond acceptors (Lipinski definition) is 3. The summed E-state index contributed by atoms with van der Waals surface area (Å²) < 4.78 is 5.95. The fraction of sp³-hybridized carbons (Fsp3) is 0.381. The van der Waals surface area contributed by atoms with E-state index in [0.717, 1.165) is 37.5 Å². The zero-order valence-corrected chi connectivity index (χ0v) is 15.2. The maximum absolute atomic E-state index is 12.7. The van der Waals surface area contributed by atoms with Crippen molar-refractivity contribution in [2.24, 2.45) is 0 Å². The van der Waals surface area contributed by atoms with Gasteiger partial charge in [-0.25, -0.2) is 0 Å². The van der Waals surface area contributed by atoms with Gasteiger partial charge in [0.25, 0.3) is 5.91 Å². The molecule has 0 aliphatic carbocycles. The number of carbonyl (C=O) groups excluding carboxylic acids is 1. The van der Waals surface area contributed by atoms with Gasteiger partial charge >= 0.3 is 0 Å².